The van der Waals surface area contributed by atoms with Gasteiger partial charge in [0, 0.05) is 6.54 Å². The van der Waals surface area contributed by atoms with Crippen LogP contribution in [0.1, 0.15) is 11.1 Å². The van der Waals surface area contributed by atoms with Gasteiger partial charge in [-0.15, -0.1) is 0 Å². The smallest absolute Gasteiger partial charge is 0.207 e. The van der Waals surface area contributed by atoms with E-state index < -0.39 is 10.0 Å². The largest absolute Gasteiger partial charge is 0.241 e. The molecule has 2 rings (SSSR count). The highest BCUT2D eigenvalue weighted by molar-refractivity contribution is 7.89. The van der Waals surface area contributed by atoms with Gasteiger partial charge in [-0.05, 0) is 24.1 Å². The zero-order valence-electron chi connectivity index (χ0n) is 6.66. The molecule has 0 saturated heterocycles. The third kappa shape index (κ3) is 0.956. The molecule has 0 atom stereocenters. The number of fused-ring (bicyclic) bond motifs is 1. The van der Waals surface area contributed by atoms with Crippen molar-refractivity contribution in [3.63, 3.8) is 0 Å². The predicted octanol–water partition coefficient (Wildman–Crippen LogP) is 0.787. The minimum absolute atomic E-state index is 0.433. The first-order valence-corrected chi connectivity index (χ1v) is 5.18. The third-order valence-corrected chi connectivity index (χ3v) is 3.58. The van der Waals surface area contributed by atoms with Crippen LogP contribution in [0.3, 0.4) is 0 Å². The molecule has 1 aromatic rings. The standard InChI is InChI=1S/C8H9NO2S/c1-6-3-2-4-8-7(6)5-9-12(8,10)11/h2-4,9H,5H2,1H3. The highest BCUT2D eigenvalue weighted by atomic mass is 32.2. The van der Waals surface area contributed by atoms with Crippen LogP contribution in [0, 0.1) is 6.92 Å². The lowest BCUT2D eigenvalue weighted by Crippen LogP contribution is -2.13. The summed E-state index contributed by atoms with van der Waals surface area (Å²) in [6.07, 6.45) is 0. The van der Waals surface area contributed by atoms with Gasteiger partial charge in [0.25, 0.3) is 0 Å². The van der Waals surface area contributed by atoms with Gasteiger partial charge in [-0.2, -0.15) is 0 Å². The highest BCUT2D eigenvalue weighted by Crippen LogP contribution is 2.24. The van der Waals surface area contributed by atoms with Gasteiger partial charge in [-0.1, -0.05) is 12.1 Å². The minimum atomic E-state index is -3.18. The fourth-order valence-electron chi connectivity index (χ4n) is 1.40. The summed E-state index contributed by atoms with van der Waals surface area (Å²) in [5.74, 6) is 0. The number of aryl methyl sites for hydroxylation is 1. The maximum absolute atomic E-state index is 11.3. The molecule has 0 spiro atoms. The van der Waals surface area contributed by atoms with E-state index in [9.17, 15) is 8.42 Å². The van der Waals surface area contributed by atoms with Gasteiger partial charge < -0.3 is 0 Å². The summed E-state index contributed by atoms with van der Waals surface area (Å²) in [7, 11) is -3.18. The quantitative estimate of drug-likeness (QED) is 0.646. The van der Waals surface area contributed by atoms with E-state index in [2.05, 4.69) is 4.72 Å². The SMILES string of the molecule is Cc1cccc2c1CNS2(=O)=O. The first-order chi connectivity index (χ1) is 5.61. The number of hydrogen-bond donors (Lipinski definition) is 1. The molecule has 0 amide bonds. The molecule has 1 heterocycles. The van der Waals surface area contributed by atoms with Crippen molar-refractivity contribution in [1.29, 1.82) is 0 Å². The fraction of sp³-hybridized carbons (Fsp3) is 0.250. The van der Waals surface area contributed by atoms with Crippen LogP contribution in [-0.2, 0) is 16.6 Å². The van der Waals surface area contributed by atoms with Crippen LogP contribution >= 0.6 is 0 Å². The monoisotopic (exact) mass is 183 g/mol. The Kier molecular flexibility index (Phi) is 1.49. The third-order valence-electron chi connectivity index (χ3n) is 2.10. The molecule has 4 heteroatoms. The summed E-state index contributed by atoms with van der Waals surface area (Å²) in [6.45, 7) is 2.35. The maximum Gasteiger partial charge on any atom is 0.241 e. The molecule has 64 valence electrons. The van der Waals surface area contributed by atoms with E-state index in [1.165, 1.54) is 0 Å². The summed E-state index contributed by atoms with van der Waals surface area (Å²) in [5, 5.41) is 0. The number of nitrogens with one attached hydrogen (secondary N) is 1. The molecule has 0 aliphatic carbocycles. The van der Waals surface area contributed by atoms with E-state index >= 15 is 0 Å². The van der Waals surface area contributed by atoms with E-state index in [1.54, 1.807) is 12.1 Å². The van der Waals surface area contributed by atoms with Gasteiger partial charge in [0.1, 0.15) is 0 Å². The topological polar surface area (TPSA) is 46.2 Å². The number of rotatable bonds is 0. The van der Waals surface area contributed by atoms with Gasteiger partial charge >= 0.3 is 0 Å². The molecule has 0 aromatic heterocycles. The van der Waals surface area contributed by atoms with Crippen LogP contribution in [0.2, 0.25) is 0 Å². The predicted molar refractivity (Wildman–Crippen MR) is 45.2 cm³/mol. The lowest BCUT2D eigenvalue weighted by atomic mass is 10.1. The fourth-order valence-corrected chi connectivity index (χ4v) is 2.70. The van der Waals surface area contributed by atoms with Crippen molar-refractivity contribution < 1.29 is 8.42 Å². The molecule has 12 heavy (non-hydrogen) atoms. The first kappa shape index (κ1) is 7.76. The van der Waals surface area contributed by atoms with Crippen molar-refractivity contribution in [2.24, 2.45) is 0 Å². The van der Waals surface area contributed by atoms with E-state index in [-0.39, 0.29) is 0 Å². The van der Waals surface area contributed by atoms with Crippen molar-refractivity contribution in [3.8, 4) is 0 Å². The Morgan fingerprint density at radius 3 is 2.83 bits per heavy atom. The van der Waals surface area contributed by atoms with Gasteiger partial charge in [0.05, 0.1) is 4.90 Å². The molecule has 0 radical (unpaired) electrons. The maximum atomic E-state index is 11.3. The zero-order valence-corrected chi connectivity index (χ0v) is 7.48. The van der Waals surface area contributed by atoms with Crippen molar-refractivity contribution in [1.82, 2.24) is 4.72 Å². The van der Waals surface area contributed by atoms with Gasteiger partial charge in [0.15, 0.2) is 0 Å². The molecule has 0 fully saturated rings. The number of sulfonamides is 1. The second kappa shape index (κ2) is 2.31. The molecule has 3 nitrogen and oxygen atoms in total. The first-order valence-electron chi connectivity index (χ1n) is 3.69. The second-order valence-corrected chi connectivity index (χ2v) is 4.61. The van der Waals surface area contributed by atoms with Gasteiger partial charge in [0.2, 0.25) is 10.0 Å². The molecular formula is C8H9NO2S. The molecule has 0 saturated carbocycles. The average Bonchev–Trinajstić information content (AvgIpc) is 2.30. The lowest BCUT2D eigenvalue weighted by Gasteiger charge is -1.98. The Morgan fingerprint density at radius 1 is 1.42 bits per heavy atom. The summed E-state index contributed by atoms with van der Waals surface area (Å²) in [6, 6.07) is 5.32. The van der Waals surface area contributed by atoms with Crippen molar-refractivity contribution >= 4 is 10.0 Å². The second-order valence-electron chi connectivity index (χ2n) is 2.88. The summed E-state index contributed by atoms with van der Waals surface area (Å²) in [4.78, 5) is 0.433. The van der Waals surface area contributed by atoms with Crippen LogP contribution in [0.15, 0.2) is 23.1 Å². The molecule has 1 aliphatic heterocycles. The summed E-state index contributed by atoms with van der Waals surface area (Å²) >= 11 is 0. The Hall–Kier alpha value is -0.870. The van der Waals surface area contributed by atoms with E-state index in [0.717, 1.165) is 11.1 Å². The van der Waals surface area contributed by atoms with E-state index in [0.29, 0.717) is 11.4 Å². The van der Waals surface area contributed by atoms with Crippen LogP contribution in [0.4, 0.5) is 0 Å². The Bertz CT molecular complexity index is 423. The van der Waals surface area contributed by atoms with Crippen LogP contribution in [-0.4, -0.2) is 8.42 Å². The molecule has 1 aliphatic rings. The van der Waals surface area contributed by atoms with Crippen LogP contribution in [0.25, 0.3) is 0 Å². The Balaban J connectivity index is 2.78. The molecular weight excluding hydrogens is 174 g/mol. The van der Waals surface area contributed by atoms with Crippen molar-refractivity contribution in [3.05, 3.63) is 29.3 Å². The van der Waals surface area contributed by atoms with Crippen LogP contribution in [0.5, 0.6) is 0 Å². The minimum Gasteiger partial charge on any atom is -0.207 e. The van der Waals surface area contributed by atoms with E-state index in [1.807, 2.05) is 13.0 Å². The normalized spacial score (nSPS) is 19.1. The molecule has 1 aromatic carbocycles. The van der Waals surface area contributed by atoms with Gasteiger partial charge in [-0.25, -0.2) is 13.1 Å². The molecule has 1 N–H and O–H groups in total. The molecule has 0 unspecified atom stereocenters. The zero-order chi connectivity index (χ0) is 8.77. The van der Waals surface area contributed by atoms with Crippen molar-refractivity contribution in [2.45, 2.75) is 18.4 Å². The number of hydrogen-bond acceptors (Lipinski definition) is 2. The highest BCUT2D eigenvalue weighted by Gasteiger charge is 2.25. The summed E-state index contributed by atoms with van der Waals surface area (Å²) < 4.78 is 25.1. The van der Waals surface area contributed by atoms with Crippen LogP contribution < -0.4 is 4.72 Å². The van der Waals surface area contributed by atoms with Crippen molar-refractivity contribution in [2.75, 3.05) is 0 Å². The number of benzene rings is 1. The lowest BCUT2D eigenvalue weighted by molar-refractivity contribution is 0.589. The van der Waals surface area contributed by atoms with E-state index in [4.69, 9.17) is 0 Å². The summed E-state index contributed by atoms with van der Waals surface area (Å²) in [5.41, 5.74) is 1.93. The molecule has 0 bridgehead atoms. The Morgan fingerprint density at radius 2 is 2.17 bits per heavy atom. The average molecular weight is 183 g/mol. The Labute approximate surface area is 71.5 Å². The van der Waals surface area contributed by atoms with Gasteiger partial charge in [-0.3, -0.25) is 0 Å².